The molecule has 72 valence electrons. The quantitative estimate of drug-likeness (QED) is 0.591. The molecule has 0 aromatic rings. The highest BCUT2D eigenvalue weighted by atomic mass is 32.2. The molecule has 0 bridgehead atoms. The number of fused-ring (bicyclic) bond motifs is 1. The standard InChI is InChI=1S/C11H16S2/c1-2-5-9-8(4-1)12-10-6-3-7-11(10)13-9/h8-9H,1-7H2. The minimum Gasteiger partial charge on any atom is -0.125 e. The Morgan fingerprint density at radius 2 is 1.31 bits per heavy atom. The van der Waals surface area contributed by atoms with Crippen molar-refractivity contribution in [2.24, 2.45) is 0 Å². The predicted octanol–water partition coefficient (Wildman–Crippen LogP) is 4.17. The maximum Gasteiger partial charge on any atom is 0.0214 e. The molecule has 0 spiro atoms. The second kappa shape index (κ2) is 3.54. The lowest BCUT2D eigenvalue weighted by atomic mass is 10.00. The van der Waals surface area contributed by atoms with E-state index in [1.807, 2.05) is 0 Å². The van der Waals surface area contributed by atoms with Gasteiger partial charge in [-0.15, -0.1) is 23.5 Å². The predicted molar refractivity (Wildman–Crippen MR) is 62.1 cm³/mol. The van der Waals surface area contributed by atoms with E-state index >= 15 is 0 Å². The van der Waals surface area contributed by atoms with Gasteiger partial charge in [-0.2, -0.15) is 0 Å². The number of thioether (sulfide) groups is 2. The lowest BCUT2D eigenvalue weighted by Crippen LogP contribution is -2.26. The molecule has 0 N–H and O–H groups in total. The first-order valence-electron chi connectivity index (χ1n) is 5.49. The van der Waals surface area contributed by atoms with E-state index < -0.39 is 0 Å². The molecule has 0 amide bonds. The Morgan fingerprint density at radius 3 is 1.85 bits per heavy atom. The third-order valence-electron chi connectivity index (χ3n) is 3.35. The summed E-state index contributed by atoms with van der Waals surface area (Å²) in [6, 6.07) is 0. The van der Waals surface area contributed by atoms with Crippen LogP contribution in [0.3, 0.4) is 0 Å². The normalized spacial score (nSPS) is 38.8. The van der Waals surface area contributed by atoms with Crippen LogP contribution in [0.5, 0.6) is 0 Å². The van der Waals surface area contributed by atoms with Gasteiger partial charge in [-0.05, 0) is 41.9 Å². The summed E-state index contributed by atoms with van der Waals surface area (Å²) in [7, 11) is 0. The highest BCUT2D eigenvalue weighted by Crippen LogP contribution is 2.53. The van der Waals surface area contributed by atoms with Crippen molar-refractivity contribution in [2.75, 3.05) is 0 Å². The van der Waals surface area contributed by atoms with Gasteiger partial charge in [-0.3, -0.25) is 0 Å². The molecule has 13 heavy (non-hydrogen) atoms. The zero-order valence-corrected chi connectivity index (χ0v) is 9.55. The third-order valence-corrected chi connectivity index (χ3v) is 6.85. The molecule has 3 rings (SSSR count). The first-order chi connectivity index (χ1) is 6.43. The topological polar surface area (TPSA) is 0 Å². The first kappa shape index (κ1) is 8.72. The van der Waals surface area contributed by atoms with Crippen LogP contribution in [0, 0.1) is 0 Å². The largest absolute Gasteiger partial charge is 0.125 e. The molecule has 2 heteroatoms. The summed E-state index contributed by atoms with van der Waals surface area (Å²) in [4.78, 5) is 3.54. The summed E-state index contributed by atoms with van der Waals surface area (Å²) < 4.78 is 0. The van der Waals surface area contributed by atoms with E-state index in [0.717, 1.165) is 10.5 Å². The SMILES string of the molecule is C1CC2=C(C1)SC1CCCCC1S2. The van der Waals surface area contributed by atoms with E-state index in [1.165, 1.54) is 44.9 Å². The summed E-state index contributed by atoms with van der Waals surface area (Å²) in [6.07, 6.45) is 10.2. The van der Waals surface area contributed by atoms with E-state index in [4.69, 9.17) is 0 Å². The smallest absolute Gasteiger partial charge is 0.0214 e. The van der Waals surface area contributed by atoms with Gasteiger partial charge in [0.2, 0.25) is 0 Å². The van der Waals surface area contributed by atoms with Gasteiger partial charge in [0.1, 0.15) is 0 Å². The van der Waals surface area contributed by atoms with Gasteiger partial charge in [-0.1, -0.05) is 12.8 Å². The lowest BCUT2D eigenvalue weighted by Gasteiger charge is -2.35. The molecular weight excluding hydrogens is 196 g/mol. The average Bonchev–Trinajstić information content (AvgIpc) is 2.61. The fourth-order valence-corrected chi connectivity index (χ4v) is 6.12. The summed E-state index contributed by atoms with van der Waals surface area (Å²) >= 11 is 4.49. The Hall–Kier alpha value is 0.440. The first-order valence-corrected chi connectivity index (χ1v) is 7.25. The average molecular weight is 212 g/mol. The third kappa shape index (κ3) is 1.56. The van der Waals surface area contributed by atoms with Crippen LogP contribution in [0.4, 0.5) is 0 Å². The fraction of sp³-hybridized carbons (Fsp3) is 0.818. The Kier molecular flexibility index (Phi) is 2.38. The van der Waals surface area contributed by atoms with Crippen LogP contribution < -0.4 is 0 Å². The van der Waals surface area contributed by atoms with Crippen LogP contribution in [0.25, 0.3) is 0 Å². The second-order valence-corrected chi connectivity index (χ2v) is 6.96. The monoisotopic (exact) mass is 212 g/mol. The van der Waals surface area contributed by atoms with Gasteiger partial charge >= 0.3 is 0 Å². The zero-order valence-electron chi connectivity index (χ0n) is 7.92. The van der Waals surface area contributed by atoms with Crippen molar-refractivity contribution in [1.82, 2.24) is 0 Å². The van der Waals surface area contributed by atoms with Crippen molar-refractivity contribution in [2.45, 2.75) is 55.4 Å². The van der Waals surface area contributed by atoms with E-state index in [-0.39, 0.29) is 0 Å². The van der Waals surface area contributed by atoms with Gasteiger partial charge in [0.25, 0.3) is 0 Å². The molecular formula is C11H16S2. The molecule has 3 aliphatic rings. The number of hydrogen-bond donors (Lipinski definition) is 0. The van der Waals surface area contributed by atoms with E-state index in [0.29, 0.717) is 0 Å². The summed E-state index contributed by atoms with van der Waals surface area (Å²) in [5, 5.41) is 1.96. The number of allylic oxidation sites excluding steroid dienone is 2. The molecule has 0 nitrogen and oxygen atoms in total. The molecule has 0 aromatic heterocycles. The molecule has 2 unspecified atom stereocenters. The van der Waals surface area contributed by atoms with E-state index in [2.05, 4.69) is 23.5 Å². The van der Waals surface area contributed by atoms with Gasteiger partial charge < -0.3 is 0 Å². The summed E-state index contributed by atoms with van der Waals surface area (Å²) in [5.74, 6) is 0. The van der Waals surface area contributed by atoms with Crippen LogP contribution in [0.15, 0.2) is 9.81 Å². The second-order valence-electron chi connectivity index (χ2n) is 4.30. The van der Waals surface area contributed by atoms with Crippen molar-refractivity contribution in [3.05, 3.63) is 9.81 Å². The van der Waals surface area contributed by atoms with E-state index in [9.17, 15) is 0 Å². The molecule has 0 aromatic carbocycles. The van der Waals surface area contributed by atoms with Gasteiger partial charge in [-0.25, -0.2) is 0 Å². The van der Waals surface area contributed by atoms with Crippen LogP contribution >= 0.6 is 23.5 Å². The molecule has 1 saturated carbocycles. The van der Waals surface area contributed by atoms with E-state index in [1.54, 1.807) is 9.81 Å². The maximum atomic E-state index is 2.24. The Bertz CT molecular complexity index is 220. The van der Waals surface area contributed by atoms with Crippen LogP contribution in [-0.2, 0) is 0 Å². The Balaban J connectivity index is 1.80. The fourth-order valence-electron chi connectivity index (χ4n) is 2.64. The highest BCUT2D eigenvalue weighted by Gasteiger charge is 2.34. The molecule has 1 aliphatic heterocycles. The number of rotatable bonds is 0. The van der Waals surface area contributed by atoms with Gasteiger partial charge in [0.15, 0.2) is 0 Å². The van der Waals surface area contributed by atoms with Crippen LogP contribution in [-0.4, -0.2) is 10.5 Å². The van der Waals surface area contributed by atoms with Gasteiger partial charge in [0.05, 0.1) is 0 Å². The van der Waals surface area contributed by atoms with Crippen LogP contribution in [0.2, 0.25) is 0 Å². The van der Waals surface area contributed by atoms with Crippen LogP contribution in [0.1, 0.15) is 44.9 Å². The van der Waals surface area contributed by atoms with Crippen molar-refractivity contribution >= 4 is 23.5 Å². The van der Waals surface area contributed by atoms with Crippen molar-refractivity contribution in [3.63, 3.8) is 0 Å². The molecule has 0 radical (unpaired) electrons. The minimum atomic E-state index is 0.982. The molecule has 2 atom stereocenters. The number of hydrogen-bond acceptors (Lipinski definition) is 2. The molecule has 1 heterocycles. The van der Waals surface area contributed by atoms with Gasteiger partial charge in [0, 0.05) is 10.5 Å². The minimum absolute atomic E-state index is 0.982. The molecule has 1 fully saturated rings. The summed E-state index contributed by atoms with van der Waals surface area (Å²) in [6.45, 7) is 0. The zero-order chi connectivity index (χ0) is 8.67. The highest BCUT2D eigenvalue weighted by molar-refractivity contribution is 8.10. The molecule has 0 saturated heterocycles. The summed E-state index contributed by atoms with van der Waals surface area (Å²) in [5.41, 5.74) is 0. The maximum absolute atomic E-state index is 2.24. The Labute approximate surface area is 88.9 Å². The lowest BCUT2D eigenvalue weighted by molar-refractivity contribution is 0.528. The molecule has 2 aliphatic carbocycles. The van der Waals surface area contributed by atoms with Crippen molar-refractivity contribution in [3.8, 4) is 0 Å². The Morgan fingerprint density at radius 1 is 0.769 bits per heavy atom. The van der Waals surface area contributed by atoms with Crippen molar-refractivity contribution < 1.29 is 0 Å². The van der Waals surface area contributed by atoms with Crippen molar-refractivity contribution in [1.29, 1.82) is 0 Å².